The number of ether oxygens (including phenoxy) is 2. The van der Waals surface area contributed by atoms with Crippen molar-refractivity contribution in [1.82, 2.24) is 10.2 Å². The van der Waals surface area contributed by atoms with Crippen molar-refractivity contribution in [2.24, 2.45) is 0 Å². The number of fused-ring (bicyclic) bond motifs is 1. The van der Waals surface area contributed by atoms with Crippen molar-refractivity contribution in [3.05, 3.63) is 63.5 Å². The van der Waals surface area contributed by atoms with Gasteiger partial charge in [-0.25, -0.2) is 4.79 Å². The van der Waals surface area contributed by atoms with E-state index in [2.05, 4.69) is 5.32 Å². The number of β-lactam (4-membered cyclic amide) rings is 1. The van der Waals surface area contributed by atoms with Crippen molar-refractivity contribution in [3.8, 4) is 5.75 Å². The number of hydrogen-bond donors (Lipinski definition) is 1. The Hall–Kier alpha value is -2.49. The van der Waals surface area contributed by atoms with Crippen LogP contribution in [0.3, 0.4) is 0 Å². The van der Waals surface area contributed by atoms with Crippen molar-refractivity contribution in [2.75, 3.05) is 18.7 Å². The largest absolute Gasteiger partial charge is 0.497 e. The number of thiophene rings is 1. The van der Waals surface area contributed by atoms with Crippen LogP contribution in [0, 0.1) is 0 Å². The molecule has 0 aliphatic carbocycles. The zero-order valence-electron chi connectivity index (χ0n) is 17.2. The molecule has 1 aromatic carbocycles. The van der Waals surface area contributed by atoms with Gasteiger partial charge in [-0.1, -0.05) is 18.2 Å². The Balaban J connectivity index is 1.41. The fourth-order valence-electron chi connectivity index (χ4n) is 3.51. The van der Waals surface area contributed by atoms with Crippen molar-refractivity contribution in [3.63, 3.8) is 0 Å². The lowest BCUT2D eigenvalue weighted by Crippen LogP contribution is -2.70. The van der Waals surface area contributed by atoms with Gasteiger partial charge in [0, 0.05) is 16.5 Å². The minimum Gasteiger partial charge on any atom is -0.497 e. The van der Waals surface area contributed by atoms with Gasteiger partial charge in [-0.2, -0.15) is 0 Å². The lowest BCUT2D eigenvalue weighted by molar-refractivity contribution is -0.153. The number of amides is 2. The molecule has 3 heterocycles. The fourth-order valence-corrected chi connectivity index (χ4v) is 5.89. The van der Waals surface area contributed by atoms with E-state index in [4.69, 9.17) is 21.1 Å². The van der Waals surface area contributed by atoms with E-state index in [-0.39, 0.29) is 41.8 Å². The summed E-state index contributed by atoms with van der Waals surface area (Å²) in [5.41, 5.74) is 1.62. The Morgan fingerprint density at radius 1 is 1.25 bits per heavy atom. The lowest BCUT2D eigenvalue weighted by atomic mass is 10.0. The van der Waals surface area contributed by atoms with E-state index in [0.717, 1.165) is 10.4 Å². The lowest BCUT2D eigenvalue weighted by Gasteiger charge is -2.49. The maximum Gasteiger partial charge on any atom is 0.355 e. The molecule has 2 aromatic rings. The number of nitrogens with one attached hydrogen (secondary N) is 1. The van der Waals surface area contributed by atoms with Gasteiger partial charge in [-0.3, -0.25) is 14.5 Å². The molecule has 1 saturated heterocycles. The highest BCUT2D eigenvalue weighted by atomic mass is 35.5. The number of methoxy groups -OCH3 is 1. The van der Waals surface area contributed by atoms with Crippen LogP contribution in [0.1, 0.15) is 10.4 Å². The zero-order valence-corrected chi connectivity index (χ0v) is 19.6. The van der Waals surface area contributed by atoms with Crippen LogP contribution in [-0.4, -0.2) is 52.8 Å². The molecule has 1 N–H and O–H groups in total. The van der Waals surface area contributed by atoms with Crippen LogP contribution in [0.4, 0.5) is 0 Å². The van der Waals surface area contributed by atoms with Gasteiger partial charge < -0.3 is 14.8 Å². The third-order valence-corrected chi connectivity index (χ3v) is 7.70. The fraction of sp³-hybridized carbons (Fsp3) is 0.318. The average Bonchev–Trinajstić information content (AvgIpc) is 3.33. The number of halogens is 1. The first-order valence-corrected chi connectivity index (χ1v) is 12.3. The number of rotatable bonds is 8. The van der Waals surface area contributed by atoms with E-state index in [1.807, 2.05) is 17.5 Å². The van der Waals surface area contributed by atoms with Gasteiger partial charge in [0.1, 0.15) is 29.5 Å². The summed E-state index contributed by atoms with van der Waals surface area (Å²) in [6.07, 6.45) is 0.221. The highest BCUT2D eigenvalue weighted by Gasteiger charge is 2.54. The van der Waals surface area contributed by atoms with E-state index in [0.29, 0.717) is 17.1 Å². The molecular formula is C22H21ClN2O5S2. The number of hydrogen-bond acceptors (Lipinski definition) is 7. The Kier molecular flexibility index (Phi) is 7.07. The SMILES string of the molecule is COc1ccc(COC(=O)C2=C(CCl)CSC3[C@H](NC(=O)Cc4cccs4)C(=O)N23)cc1. The topological polar surface area (TPSA) is 84.9 Å². The number of esters is 1. The summed E-state index contributed by atoms with van der Waals surface area (Å²) in [6.45, 7) is 0.0582. The van der Waals surface area contributed by atoms with Crippen LogP contribution >= 0.6 is 34.7 Å². The van der Waals surface area contributed by atoms with Gasteiger partial charge in [0.15, 0.2) is 0 Å². The summed E-state index contributed by atoms with van der Waals surface area (Å²) in [4.78, 5) is 40.4. The highest BCUT2D eigenvalue weighted by molar-refractivity contribution is 8.00. The average molecular weight is 493 g/mol. The molecule has 2 atom stereocenters. The zero-order chi connectivity index (χ0) is 22.7. The van der Waals surface area contributed by atoms with E-state index >= 15 is 0 Å². The van der Waals surface area contributed by atoms with Crippen LogP contribution < -0.4 is 10.1 Å². The Morgan fingerprint density at radius 2 is 2.03 bits per heavy atom. The third kappa shape index (κ3) is 4.65. The summed E-state index contributed by atoms with van der Waals surface area (Å²) in [7, 11) is 1.58. The molecule has 4 rings (SSSR count). The Morgan fingerprint density at radius 3 is 2.69 bits per heavy atom. The molecule has 7 nitrogen and oxygen atoms in total. The van der Waals surface area contributed by atoms with Gasteiger partial charge in [0.25, 0.3) is 5.91 Å². The van der Waals surface area contributed by atoms with Crippen molar-refractivity contribution < 1.29 is 23.9 Å². The molecule has 168 valence electrons. The van der Waals surface area contributed by atoms with Gasteiger partial charge in [0.2, 0.25) is 5.91 Å². The maximum absolute atomic E-state index is 12.9. The van der Waals surface area contributed by atoms with Gasteiger partial charge in [-0.15, -0.1) is 34.7 Å². The minimum atomic E-state index is -0.672. The molecule has 1 unspecified atom stereocenters. The van der Waals surface area contributed by atoms with Crippen LogP contribution in [0.5, 0.6) is 5.75 Å². The van der Waals surface area contributed by atoms with Crippen LogP contribution in [0.25, 0.3) is 0 Å². The van der Waals surface area contributed by atoms with Gasteiger partial charge in [-0.05, 0) is 34.7 Å². The van der Waals surface area contributed by atoms with Crippen LogP contribution in [0.2, 0.25) is 0 Å². The van der Waals surface area contributed by atoms with Gasteiger partial charge in [0.05, 0.1) is 13.5 Å². The van der Waals surface area contributed by atoms with E-state index in [1.54, 1.807) is 31.4 Å². The van der Waals surface area contributed by atoms with Crippen LogP contribution in [-0.2, 0) is 32.1 Å². The number of carbonyl (C=O) groups excluding carboxylic acids is 3. The standard InChI is InChI=1S/C22H21ClN2O5S2/c1-29-15-6-4-13(5-7-15)11-30-22(28)19-14(10-23)12-32-21-18(20(27)25(19)21)24-17(26)9-16-3-2-8-31-16/h2-8,18,21H,9-12H2,1H3,(H,24,26)/t18-,21?/m1/s1. The Bertz CT molecular complexity index is 1040. The third-order valence-electron chi connectivity index (χ3n) is 5.16. The smallest absolute Gasteiger partial charge is 0.355 e. The molecule has 0 bridgehead atoms. The summed E-state index contributed by atoms with van der Waals surface area (Å²) >= 11 is 9.02. The monoisotopic (exact) mass is 492 g/mol. The molecule has 1 fully saturated rings. The van der Waals surface area contributed by atoms with Crippen molar-refractivity contribution >= 4 is 52.5 Å². The molecule has 2 amide bonds. The second-order valence-electron chi connectivity index (χ2n) is 7.22. The van der Waals surface area contributed by atoms with Gasteiger partial charge >= 0.3 is 5.97 Å². The number of benzene rings is 1. The Labute approximate surface area is 198 Å². The van der Waals surface area contributed by atoms with Crippen molar-refractivity contribution in [1.29, 1.82) is 0 Å². The maximum atomic E-state index is 12.9. The number of thioether (sulfide) groups is 1. The quantitative estimate of drug-likeness (QED) is 0.346. The molecule has 2 aliphatic heterocycles. The first-order chi connectivity index (χ1) is 15.5. The summed E-state index contributed by atoms with van der Waals surface area (Å²) < 4.78 is 10.6. The predicted molar refractivity (Wildman–Crippen MR) is 124 cm³/mol. The first-order valence-electron chi connectivity index (χ1n) is 9.86. The molecule has 2 aliphatic rings. The molecule has 0 radical (unpaired) electrons. The van der Waals surface area contributed by atoms with Crippen molar-refractivity contribution in [2.45, 2.75) is 24.4 Å². The number of alkyl halides is 1. The molecule has 1 aromatic heterocycles. The number of carbonyl (C=O) groups is 3. The minimum absolute atomic E-state index is 0.0582. The van der Waals surface area contributed by atoms with E-state index in [9.17, 15) is 14.4 Å². The first kappa shape index (κ1) is 22.7. The van der Waals surface area contributed by atoms with E-state index in [1.165, 1.54) is 28.0 Å². The molecular weight excluding hydrogens is 472 g/mol. The summed E-state index contributed by atoms with van der Waals surface area (Å²) in [5, 5.41) is 4.35. The van der Waals surface area contributed by atoms with Crippen LogP contribution in [0.15, 0.2) is 53.0 Å². The normalized spacial score (nSPS) is 19.8. The second kappa shape index (κ2) is 9.97. The molecule has 0 spiro atoms. The molecule has 10 heteroatoms. The summed E-state index contributed by atoms with van der Waals surface area (Å²) in [6, 6.07) is 10.2. The second-order valence-corrected chi connectivity index (χ2v) is 9.63. The molecule has 0 saturated carbocycles. The predicted octanol–water partition coefficient (Wildman–Crippen LogP) is 2.94. The number of nitrogens with zero attached hydrogens (tertiary/aromatic N) is 1. The molecule has 32 heavy (non-hydrogen) atoms. The van der Waals surface area contributed by atoms with E-state index < -0.39 is 12.0 Å². The highest BCUT2D eigenvalue weighted by Crippen LogP contribution is 2.41. The summed E-state index contributed by atoms with van der Waals surface area (Å²) in [5.74, 6) is 0.160.